The normalized spacial score (nSPS) is 15.3. The van der Waals surface area contributed by atoms with Crippen LogP contribution in [0, 0.1) is 0 Å². The van der Waals surface area contributed by atoms with Gasteiger partial charge in [-0.3, -0.25) is 4.31 Å². The lowest BCUT2D eigenvalue weighted by atomic mass is 10.0. The molecule has 0 atom stereocenters. The van der Waals surface area contributed by atoms with Crippen LogP contribution in [0.1, 0.15) is 25.3 Å². The Labute approximate surface area is 115 Å². The third-order valence-corrected chi connectivity index (χ3v) is 5.14. The van der Waals surface area contributed by atoms with Crippen LogP contribution in [0.2, 0.25) is 0 Å². The van der Waals surface area contributed by atoms with E-state index in [-0.39, 0.29) is 5.75 Å². The molecule has 1 heterocycles. The van der Waals surface area contributed by atoms with Crippen LogP contribution >= 0.6 is 0 Å². The molecule has 0 saturated carbocycles. The number of anilines is 1. The largest absolute Gasteiger partial charge is 0.316 e. The van der Waals surface area contributed by atoms with Crippen molar-refractivity contribution in [3.05, 3.63) is 29.8 Å². The number of sulfonamides is 1. The van der Waals surface area contributed by atoms with Gasteiger partial charge in [0.05, 0.1) is 11.4 Å². The number of hydrogen-bond donors (Lipinski definition) is 1. The zero-order valence-corrected chi connectivity index (χ0v) is 12.2. The first-order valence-electron chi connectivity index (χ1n) is 6.94. The highest BCUT2D eigenvalue weighted by molar-refractivity contribution is 7.92. The maximum Gasteiger partial charge on any atom is 0.236 e. The average Bonchev–Trinajstić information content (AvgIpc) is 2.43. The quantitative estimate of drug-likeness (QED) is 0.809. The first-order valence-corrected chi connectivity index (χ1v) is 8.55. The molecule has 5 heteroatoms. The molecule has 0 amide bonds. The number of benzene rings is 1. The minimum absolute atomic E-state index is 0.168. The number of para-hydroxylation sites is 1. The Hall–Kier alpha value is -1.07. The first kappa shape index (κ1) is 14.3. The minimum atomic E-state index is -3.21. The number of rotatable bonds is 6. The van der Waals surface area contributed by atoms with Crippen molar-refractivity contribution >= 4 is 15.7 Å². The molecule has 0 bridgehead atoms. The van der Waals surface area contributed by atoms with E-state index in [4.69, 9.17) is 0 Å². The zero-order chi connectivity index (χ0) is 13.7. The summed E-state index contributed by atoms with van der Waals surface area (Å²) in [6.07, 6.45) is 2.89. The fourth-order valence-electron chi connectivity index (χ4n) is 2.40. The van der Waals surface area contributed by atoms with E-state index in [0.717, 1.165) is 37.1 Å². The van der Waals surface area contributed by atoms with Crippen LogP contribution in [0.5, 0.6) is 0 Å². The molecule has 0 radical (unpaired) electrons. The van der Waals surface area contributed by atoms with Crippen LogP contribution in [-0.4, -0.2) is 33.8 Å². The fraction of sp³-hybridized carbons (Fsp3) is 0.571. The Morgan fingerprint density at radius 1 is 1.26 bits per heavy atom. The smallest absolute Gasteiger partial charge is 0.236 e. The topological polar surface area (TPSA) is 49.4 Å². The minimum Gasteiger partial charge on any atom is -0.316 e. The van der Waals surface area contributed by atoms with Gasteiger partial charge in [-0.05, 0) is 37.4 Å². The molecular formula is C14H22N2O2S. The van der Waals surface area contributed by atoms with Crippen LogP contribution < -0.4 is 9.62 Å². The zero-order valence-electron chi connectivity index (χ0n) is 11.4. The Morgan fingerprint density at radius 2 is 2.05 bits per heavy atom. The molecule has 0 unspecified atom stereocenters. The third kappa shape index (κ3) is 3.48. The maximum atomic E-state index is 12.4. The van der Waals surface area contributed by atoms with E-state index in [1.807, 2.05) is 24.3 Å². The van der Waals surface area contributed by atoms with Crippen LogP contribution in [0.25, 0.3) is 0 Å². The Morgan fingerprint density at radius 3 is 2.84 bits per heavy atom. The highest BCUT2D eigenvalue weighted by atomic mass is 32.2. The van der Waals surface area contributed by atoms with Crippen molar-refractivity contribution in [1.82, 2.24) is 5.32 Å². The van der Waals surface area contributed by atoms with Crippen LogP contribution in [0.15, 0.2) is 24.3 Å². The second-order valence-corrected chi connectivity index (χ2v) is 6.88. The summed E-state index contributed by atoms with van der Waals surface area (Å²) in [5.74, 6) is 0.168. The fourth-order valence-corrected chi connectivity index (χ4v) is 3.91. The standard InChI is InChI=1S/C14H22N2O2S/c1-2-9-15-10-12-19(17,18)16-11-5-7-13-6-3-4-8-14(13)16/h3-4,6,8,15H,2,5,7,9-12H2,1H3. The highest BCUT2D eigenvalue weighted by Crippen LogP contribution is 2.28. The van der Waals surface area contributed by atoms with Crippen molar-refractivity contribution in [2.75, 3.05) is 29.7 Å². The lowest BCUT2D eigenvalue weighted by Gasteiger charge is -2.30. The van der Waals surface area contributed by atoms with E-state index in [9.17, 15) is 8.42 Å². The van der Waals surface area contributed by atoms with Crippen LogP contribution in [0.3, 0.4) is 0 Å². The van der Waals surface area contributed by atoms with Gasteiger partial charge in [-0.2, -0.15) is 0 Å². The van der Waals surface area contributed by atoms with E-state index in [1.165, 1.54) is 0 Å². The molecular weight excluding hydrogens is 260 g/mol. The number of nitrogens with zero attached hydrogens (tertiary/aromatic N) is 1. The average molecular weight is 282 g/mol. The van der Waals surface area contributed by atoms with Gasteiger partial charge < -0.3 is 5.32 Å². The van der Waals surface area contributed by atoms with Crippen molar-refractivity contribution in [2.45, 2.75) is 26.2 Å². The Balaban J connectivity index is 2.09. The van der Waals surface area contributed by atoms with E-state index >= 15 is 0 Å². The number of aryl methyl sites for hydroxylation is 1. The van der Waals surface area contributed by atoms with E-state index in [1.54, 1.807) is 4.31 Å². The predicted molar refractivity (Wildman–Crippen MR) is 79.1 cm³/mol. The maximum absolute atomic E-state index is 12.4. The number of fused-ring (bicyclic) bond motifs is 1. The predicted octanol–water partition coefficient (Wildman–Crippen LogP) is 1.77. The van der Waals surface area contributed by atoms with E-state index in [0.29, 0.717) is 13.1 Å². The lowest BCUT2D eigenvalue weighted by molar-refractivity contribution is 0.581. The first-order chi connectivity index (χ1) is 9.15. The molecule has 0 saturated heterocycles. The summed E-state index contributed by atoms with van der Waals surface area (Å²) < 4.78 is 26.4. The van der Waals surface area contributed by atoms with Crippen molar-refractivity contribution in [1.29, 1.82) is 0 Å². The van der Waals surface area contributed by atoms with Crippen molar-refractivity contribution in [3.63, 3.8) is 0 Å². The summed E-state index contributed by atoms with van der Waals surface area (Å²) in [7, 11) is -3.21. The summed E-state index contributed by atoms with van der Waals surface area (Å²) in [5, 5.41) is 3.15. The van der Waals surface area contributed by atoms with Gasteiger partial charge in [-0.1, -0.05) is 25.1 Å². The van der Waals surface area contributed by atoms with Gasteiger partial charge in [0.25, 0.3) is 0 Å². The molecule has 0 spiro atoms. The van der Waals surface area contributed by atoms with Gasteiger partial charge in [0.2, 0.25) is 10.0 Å². The van der Waals surface area contributed by atoms with Gasteiger partial charge in [-0.25, -0.2) is 8.42 Å². The van der Waals surface area contributed by atoms with Crippen molar-refractivity contribution in [2.24, 2.45) is 0 Å². The van der Waals surface area contributed by atoms with Gasteiger partial charge in [0.15, 0.2) is 0 Å². The summed E-state index contributed by atoms with van der Waals surface area (Å²) >= 11 is 0. The molecule has 4 nitrogen and oxygen atoms in total. The molecule has 1 aromatic rings. The van der Waals surface area contributed by atoms with Gasteiger partial charge in [0, 0.05) is 13.1 Å². The second kappa shape index (κ2) is 6.39. The molecule has 0 aromatic heterocycles. The summed E-state index contributed by atoms with van der Waals surface area (Å²) in [4.78, 5) is 0. The van der Waals surface area contributed by atoms with Crippen LogP contribution in [-0.2, 0) is 16.4 Å². The lowest BCUT2D eigenvalue weighted by Crippen LogP contribution is -2.39. The number of nitrogens with one attached hydrogen (secondary N) is 1. The third-order valence-electron chi connectivity index (χ3n) is 3.37. The van der Waals surface area contributed by atoms with Gasteiger partial charge >= 0.3 is 0 Å². The summed E-state index contributed by atoms with van der Waals surface area (Å²) in [6, 6.07) is 7.80. The molecule has 1 N–H and O–H groups in total. The van der Waals surface area contributed by atoms with Crippen molar-refractivity contribution in [3.8, 4) is 0 Å². The molecule has 1 aliphatic rings. The molecule has 19 heavy (non-hydrogen) atoms. The molecule has 2 rings (SSSR count). The molecule has 1 aliphatic heterocycles. The van der Waals surface area contributed by atoms with E-state index < -0.39 is 10.0 Å². The molecule has 1 aromatic carbocycles. The van der Waals surface area contributed by atoms with Crippen LogP contribution in [0.4, 0.5) is 5.69 Å². The Bertz CT molecular complexity index is 514. The molecule has 106 valence electrons. The monoisotopic (exact) mass is 282 g/mol. The molecule has 0 fully saturated rings. The summed E-state index contributed by atoms with van der Waals surface area (Å²) in [6.45, 7) is 4.07. The SMILES string of the molecule is CCCNCCS(=O)(=O)N1CCCc2ccccc21. The van der Waals surface area contributed by atoms with Crippen molar-refractivity contribution < 1.29 is 8.42 Å². The highest BCUT2D eigenvalue weighted by Gasteiger charge is 2.26. The van der Waals surface area contributed by atoms with Gasteiger partial charge in [-0.15, -0.1) is 0 Å². The molecule has 0 aliphatic carbocycles. The second-order valence-electron chi connectivity index (χ2n) is 4.87. The number of hydrogen-bond acceptors (Lipinski definition) is 3. The van der Waals surface area contributed by atoms with E-state index in [2.05, 4.69) is 12.2 Å². The Kier molecular flexibility index (Phi) is 4.82. The summed E-state index contributed by atoms with van der Waals surface area (Å²) in [5.41, 5.74) is 2.00. The van der Waals surface area contributed by atoms with Gasteiger partial charge in [0.1, 0.15) is 0 Å².